The van der Waals surface area contributed by atoms with Crippen molar-refractivity contribution in [2.24, 2.45) is 5.73 Å². The molecule has 2 aromatic carbocycles. The fraction of sp³-hybridized carbons (Fsp3) is 0.429. The van der Waals surface area contributed by atoms with Crippen LogP contribution in [0.1, 0.15) is 42.9 Å². The molecule has 0 aliphatic heterocycles. The molecule has 0 aromatic heterocycles. The smallest absolute Gasteiger partial charge is 0.119 e. The van der Waals surface area contributed by atoms with Crippen molar-refractivity contribution in [1.29, 1.82) is 0 Å². The molecular formula is C21H29NO2. The average Bonchev–Trinajstić information content (AvgIpc) is 2.60. The lowest BCUT2D eigenvalue weighted by molar-refractivity contribution is 0.317. The van der Waals surface area contributed by atoms with E-state index in [0.29, 0.717) is 19.1 Å². The van der Waals surface area contributed by atoms with Crippen molar-refractivity contribution in [3.63, 3.8) is 0 Å². The van der Waals surface area contributed by atoms with Gasteiger partial charge < -0.3 is 15.2 Å². The number of hydrogen-bond donors (Lipinski definition) is 1. The Balaban J connectivity index is 2.08. The van der Waals surface area contributed by atoms with E-state index in [1.165, 1.54) is 16.7 Å². The van der Waals surface area contributed by atoms with E-state index in [-0.39, 0.29) is 0 Å². The monoisotopic (exact) mass is 327 g/mol. The summed E-state index contributed by atoms with van der Waals surface area (Å²) in [6.45, 7) is 8.31. The van der Waals surface area contributed by atoms with Crippen LogP contribution in [0.4, 0.5) is 0 Å². The van der Waals surface area contributed by atoms with Crippen LogP contribution in [0.25, 0.3) is 0 Å². The van der Waals surface area contributed by atoms with E-state index in [1.54, 1.807) is 0 Å². The number of hydrogen-bond acceptors (Lipinski definition) is 3. The standard InChI is InChI=1S/C21H29NO2/c1-4-12-24-19-8-6-17(7-9-19)14-18(15-22)21-11-10-20(23-5-2)13-16(21)3/h6-11,13,18H,4-5,12,14-15,22H2,1-3H3. The van der Waals surface area contributed by atoms with E-state index in [0.717, 1.165) is 30.9 Å². The van der Waals surface area contributed by atoms with E-state index in [1.807, 2.05) is 25.1 Å². The van der Waals surface area contributed by atoms with Crippen molar-refractivity contribution < 1.29 is 9.47 Å². The number of nitrogens with two attached hydrogens (primary N) is 1. The first-order chi connectivity index (χ1) is 11.7. The minimum Gasteiger partial charge on any atom is -0.494 e. The summed E-state index contributed by atoms with van der Waals surface area (Å²) in [7, 11) is 0. The SMILES string of the molecule is CCCOc1ccc(CC(CN)c2ccc(OCC)cc2C)cc1. The van der Waals surface area contributed by atoms with Gasteiger partial charge in [-0.1, -0.05) is 25.1 Å². The molecule has 0 heterocycles. The summed E-state index contributed by atoms with van der Waals surface area (Å²) in [6.07, 6.45) is 1.95. The highest BCUT2D eigenvalue weighted by molar-refractivity contribution is 5.38. The molecule has 0 aliphatic carbocycles. The topological polar surface area (TPSA) is 44.5 Å². The highest BCUT2D eigenvalue weighted by Gasteiger charge is 2.14. The van der Waals surface area contributed by atoms with E-state index in [2.05, 4.69) is 38.1 Å². The Bertz CT molecular complexity index is 622. The van der Waals surface area contributed by atoms with Gasteiger partial charge in [-0.25, -0.2) is 0 Å². The minimum absolute atomic E-state index is 0.308. The first-order valence-electron chi connectivity index (χ1n) is 8.83. The molecule has 24 heavy (non-hydrogen) atoms. The van der Waals surface area contributed by atoms with Gasteiger partial charge in [0.25, 0.3) is 0 Å². The van der Waals surface area contributed by atoms with Crippen molar-refractivity contribution in [2.45, 2.75) is 39.5 Å². The molecule has 2 aromatic rings. The van der Waals surface area contributed by atoms with Crippen molar-refractivity contribution in [3.8, 4) is 11.5 Å². The second-order valence-corrected chi connectivity index (χ2v) is 6.08. The molecule has 0 amide bonds. The average molecular weight is 327 g/mol. The highest BCUT2D eigenvalue weighted by atomic mass is 16.5. The summed E-state index contributed by atoms with van der Waals surface area (Å²) >= 11 is 0. The van der Waals surface area contributed by atoms with Crippen LogP contribution in [0.5, 0.6) is 11.5 Å². The molecule has 0 spiro atoms. The third-order valence-corrected chi connectivity index (χ3v) is 4.15. The van der Waals surface area contributed by atoms with Crippen LogP contribution < -0.4 is 15.2 Å². The van der Waals surface area contributed by atoms with E-state index < -0.39 is 0 Å². The lowest BCUT2D eigenvalue weighted by Gasteiger charge is -2.19. The Morgan fingerprint density at radius 2 is 1.67 bits per heavy atom. The third kappa shape index (κ3) is 5.00. The van der Waals surface area contributed by atoms with Crippen LogP contribution in [0.2, 0.25) is 0 Å². The molecule has 3 nitrogen and oxygen atoms in total. The Hall–Kier alpha value is -2.00. The van der Waals surface area contributed by atoms with E-state index >= 15 is 0 Å². The van der Waals surface area contributed by atoms with Crippen molar-refractivity contribution in [3.05, 3.63) is 59.2 Å². The van der Waals surface area contributed by atoms with Gasteiger partial charge in [-0.2, -0.15) is 0 Å². The summed E-state index contributed by atoms with van der Waals surface area (Å²) in [5, 5.41) is 0. The molecule has 0 bridgehead atoms. The van der Waals surface area contributed by atoms with Gasteiger partial charge in [0.1, 0.15) is 11.5 Å². The highest BCUT2D eigenvalue weighted by Crippen LogP contribution is 2.27. The van der Waals surface area contributed by atoms with Crippen molar-refractivity contribution in [1.82, 2.24) is 0 Å². The summed E-state index contributed by atoms with van der Waals surface area (Å²) in [6, 6.07) is 14.7. The van der Waals surface area contributed by atoms with Gasteiger partial charge in [0.2, 0.25) is 0 Å². The molecule has 1 unspecified atom stereocenters. The van der Waals surface area contributed by atoms with Gasteiger partial charge in [-0.3, -0.25) is 0 Å². The molecule has 0 aliphatic rings. The normalized spacial score (nSPS) is 12.0. The van der Waals surface area contributed by atoms with E-state index in [4.69, 9.17) is 15.2 Å². The molecule has 0 saturated heterocycles. The van der Waals surface area contributed by atoms with Crippen LogP contribution in [0.15, 0.2) is 42.5 Å². The quantitative estimate of drug-likeness (QED) is 0.739. The molecule has 2 rings (SSSR count). The van der Waals surface area contributed by atoms with Crippen LogP contribution in [0, 0.1) is 6.92 Å². The van der Waals surface area contributed by atoms with Gasteiger partial charge in [-0.15, -0.1) is 0 Å². The predicted molar refractivity (Wildman–Crippen MR) is 100 cm³/mol. The summed E-state index contributed by atoms with van der Waals surface area (Å²) in [4.78, 5) is 0. The van der Waals surface area contributed by atoms with Crippen LogP contribution in [-0.2, 0) is 6.42 Å². The summed E-state index contributed by atoms with van der Waals surface area (Å²) < 4.78 is 11.2. The third-order valence-electron chi connectivity index (χ3n) is 4.15. The Kier molecular flexibility index (Phi) is 7.13. The maximum atomic E-state index is 6.06. The molecule has 0 fully saturated rings. The zero-order chi connectivity index (χ0) is 17.4. The van der Waals surface area contributed by atoms with Crippen LogP contribution >= 0.6 is 0 Å². The lowest BCUT2D eigenvalue weighted by Crippen LogP contribution is -2.16. The van der Waals surface area contributed by atoms with Crippen LogP contribution in [-0.4, -0.2) is 19.8 Å². The lowest BCUT2D eigenvalue weighted by atomic mass is 9.89. The first-order valence-corrected chi connectivity index (χ1v) is 8.83. The maximum Gasteiger partial charge on any atom is 0.119 e. The maximum absolute atomic E-state index is 6.06. The molecule has 0 radical (unpaired) electrons. The predicted octanol–water partition coefficient (Wildman–Crippen LogP) is 4.47. The Morgan fingerprint density at radius 1 is 0.958 bits per heavy atom. The first kappa shape index (κ1) is 18.3. The molecule has 3 heteroatoms. The number of rotatable bonds is 9. The molecule has 0 saturated carbocycles. The fourth-order valence-electron chi connectivity index (χ4n) is 2.91. The van der Waals surface area contributed by atoms with Gasteiger partial charge in [0.15, 0.2) is 0 Å². The molecule has 1 atom stereocenters. The number of ether oxygens (including phenoxy) is 2. The zero-order valence-electron chi connectivity index (χ0n) is 15.0. The molecular weight excluding hydrogens is 298 g/mol. The van der Waals surface area contributed by atoms with Gasteiger partial charge in [0, 0.05) is 5.92 Å². The fourth-order valence-corrected chi connectivity index (χ4v) is 2.91. The van der Waals surface area contributed by atoms with Gasteiger partial charge >= 0.3 is 0 Å². The summed E-state index contributed by atoms with van der Waals surface area (Å²) in [5.74, 6) is 2.16. The van der Waals surface area contributed by atoms with Gasteiger partial charge in [-0.05, 0) is 74.2 Å². The van der Waals surface area contributed by atoms with Crippen molar-refractivity contribution >= 4 is 0 Å². The van der Waals surface area contributed by atoms with Crippen LogP contribution in [0.3, 0.4) is 0 Å². The second kappa shape index (κ2) is 9.33. The zero-order valence-corrected chi connectivity index (χ0v) is 15.0. The Morgan fingerprint density at radius 3 is 2.25 bits per heavy atom. The second-order valence-electron chi connectivity index (χ2n) is 6.08. The Labute approximate surface area is 145 Å². The number of benzene rings is 2. The largest absolute Gasteiger partial charge is 0.494 e. The molecule has 130 valence electrons. The molecule has 2 N–H and O–H groups in total. The van der Waals surface area contributed by atoms with E-state index in [9.17, 15) is 0 Å². The summed E-state index contributed by atoms with van der Waals surface area (Å²) in [5.41, 5.74) is 9.87. The van der Waals surface area contributed by atoms with Gasteiger partial charge in [0.05, 0.1) is 13.2 Å². The van der Waals surface area contributed by atoms with Crippen molar-refractivity contribution in [2.75, 3.05) is 19.8 Å². The number of aryl methyl sites for hydroxylation is 1. The minimum atomic E-state index is 0.308.